The highest BCUT2D eigenvalue weighted by atomic mass is 32.2. The van der Waals surface area contributed by atoms with E-state index < -0.39 is 15.5 Å². The Morgan fingerprint density at radius 2 is 1.76 bits per heavy atom. The van der Waals surface area contributed by atoms with Gasteiger partial charge in [0.25, 0.3) is 10.1 Å². The number of hydrogen-bond donors (Lipinski definition) is 2. The van der Waals surface area contributed by atoms with Crippen LogP contribution in [0.15, 0.2) is 0 Å². The van der Waals surface area contributed by atoms with Gasteiger partial charge in [0.05, 0.1) is 39.5 Å². The van der Waals surface area contributed by atoms with E-state index in [1.807, 2.05) is 41.8 Å². The van der Waals surface area contributed by atoms with Crippen molar-refractivity contribution in [3.63, 3.8) is 0 Å². The molecule has 21 heavy (non-hydrogen) atoms. The molecule has 7 heteroatoms. The number of amides is 1. The minimum Gasteiger partial charge on any atom is -0.350 e. The van der Waals surface area contributed by atoms with Gasteiger partial charge in [0.15, 0.2) is 0 Å². The summed E-state index contributed by atoms with van der Waals surface area (Å²) in [6.45, 7) is 9.80. The average Bonchev–Trinajstić information content (AvgIpc) is 2.25. The highest BCUT2D eigenvalue weighted by molar-refractivity contribution is 7.85. The zero-order chi connectivity index (χ0) is 16.9. The molecule has 0 unspecified atom stereocenters. The first-order chi connectivity index (χ1) is 9.28. The van der Waals surface area contributed by atoms with Crippen molar-refractivity contribution in [2.45, 2.75) is 34.1 Å². The van der Waals surface area contributed by atoms with E-state index in [-0.39, 0.29) is 17.6 Å². The number of nitrogens with zero attached hydrogens (tertiary/aromatic N) is 1. The lowest BCUT2D eigenvalue weighted by Crippen LogP contribution is -2.48. The van der Waals surface area contributed by atoms with Gasteiger partial charge in [-0.1, -0.05) is 27.7 Å². The largest absolute Gasteiger partial charge is 0.350 e. The molecule has 1 amide bonds. The highest BCUT2D eigenvalue weighted by Gasteiger charge is 2.31. The highest BCUT2D eigenvalue weighted by Crippen LogP contribution is 2.25. The number of quaternary nitrogens is 1. The second-order valence-electron chi connectivity index (χ2n) is 7.15. The Labute approximate surface area is 129 Å². The van der Waals surface area contributed by atoms with E-state index in [4.69, 9.17) is 4.55 Å². The van der Waals surface area contributed by atoms with E-state index in [9.17, 15) is 13.2 Å². The predicted molar refractivity (Wildman–Crippen MR) is 84.5 cm³/mol. The number of carbonyl (C=O) groups excluding carboxylic acids is 1. The van der Waals surface area contributed by atoms with E-state index in [1.165, 1.54) is 0 Å². The van der Waals surface area contributed by atoms with Gasteiger partial charge in [-0.15, -0.1) is 0 Å². The van der Waals surface area contributed by atoms with E-state index in [1.54, 1.807) is 0 Å². The third-order valence-corrected chi connectivity index (χ3v) is 5.00. The molecule has 0 aromatic heterocycles. The fourth-order valence-corrected chi connectivity index (χ4v) is 2.24. The number of likely N-dealkylation sites (N-methyl/N-ethyl adjacent to an activating group) is 1. The minimum atomic E-state index is -3.89. The van der Waals surface area contributed by atoms with Crippen molar-refractivity contribution >= 4 is 16.0 Å². The zero-order valence-electron chi connectivity index (χ0n) is 14.1. The van der Waals surface area contributed by atoms with Crippen LogP contribution in [0, 0.1) is 11.3 Å². The molecule has 0 aliphatic heterocycles. The molecular formula is C14H31N2O4S+. The van der Waals surface area contributed by atoms with Gasteiger partial charge >= 0.3 is 0 Å². The summed E-state index contributed by atoms with van der Waals surface area (Å²) in [4.78, 5) is 12.1. The van der Waals surface area contributed by atoms with Crippen LogP contribution in [0.5, 0.6) is 0 Å². The van der Waals surface area contributed by atoms with Crippen molar-refractivity contribution in [1.82, 2.24) is 5.32 Å². The normalized spacial score (nSPS) is 13.5. The molecule has 0 aliphatic rings. The second kappa shape index (κ2) is 7.56. The molecule has 0 heterocycles. The molecule has 0 atom stereocenters. The molecule has 0 fully saturated rings. The molecule has 6 nitrogen and oxygen atoms in total. The molecule has 0 rings (SSSR count). The maximum atomic E-state index is 12.1. The van der Waals surface area contributed by atoms with Crippen LogP contribution in [0.1, 0.15) is 34.1 Å². The lowest BCUT2D eigenvalue weighted by molar-refractivity contribution is -0.889. The van der Waals surface area contributed by atoms with Crippen molar-refractivity contribution in [3.8, 4) is 0 Å². The number of hydrogen-bond acceptors (Lipinski definition) is 3. The first-order valence-electron chi connectivity index (χ1n) is 7.33. The summed E-state index contributed by atoms with van der Waals surface area (Å²) in [6.07, 6.45) is 0.400. The van der Waals surface area contributed by atoms with Gasteiger partial charge in [-0.05, 0) is 5.92 Å². The third-order valence-electron chi connectivity index (χ3n) is 4.20. The quantitative estimate of drug-likeness (QED) is 0.492. The van der Waals surface area contributed by atoms with Crippen molar-refractivity contribution in [3.05, 3.63) is 0 Å². The molecule has 0 aromatic carbocycles. The standard InChI is InChI=1S/C14H30N2O4S/c1-12(2)14(3,4)13(17)15-8-10-16(5,6)9-7-11-21(18,19)20/h12H,7-11H2,1-6H3,(H-,15,17,18,19,20)/p+1. The van der Waals surface area contributed by atoms with E-state index >= 15 is 0 Å². The number of nitrogens with one attached hydrogen (secondary N) is 1. The van der Waals surface area contributed by atoms with Crippen molar-refractivity contribution in [1.29, 1.82) is 0 Å². The number of carbonyl (C=O) groups is 1. The second-order valence-corrected chi connectivity index (χ2v) is 8.73. The first kappa shape index (κ1) is 20.3. The summed E-state index contributed by atoms with van der Waals surface area (Å²) in [7, 11) is 0.0627. The van der Waals surface area contributed by atoms with Crippen LogP contribution in [-0.4, -0.2) is 62.8 Å². The van der Waals surface area contributed by atoms with Crippen LogP contribution < -0.4 is 5.32 Å². The topological polar surface area (TPSA) is 83.5 Å². The maximum absolute atomic E-state index is 12.1. The average molecular weight is 323 g/mol. The van der Waals surface area contributed by atoms with Crippen LogP contribution in [-0.2, 0) is 14.9 Å². The van der Waals surface area contributed by atoms with Gasteiger partial charge in [0, 0.05) is 11.8 Å². The van der Waals surface area contributed by atoms with Gasteiger partial charge < -0.3 is 9.80 Å². The van der Waals surface area contributed by atoms with Gasteiger partial charge in [-0.25, -0.2) is 0 Å². The number of rotatable bonds is 9. The zero-order valence-corrected chi connectivity index (χ0v) is 15.0. The molecule has 0 saturated carbocycles. The van der Waals surface area contributed by atoms with E-state index in [0.717, 1.165) is 0 Å². The van der Waals surface area contributed by atoms with E-state index in [0.29, 0.717) is 30.5 Å². The fourth-order valence-electron chi connectivity index (χ4n) is 1.75. The van der Waals surface area contributed by atoms with Crippen molar-refractivity contribution in [2.75, 3.05) is 39.5 Å². The van der Waals surface area contributed by atoms with Crippen molar-refractivity contribution in [2.24, 2.45) is 11.3 Å². The summed E-state index contributed by atoms with van der Waals surface area (Å²) in [6, 6.07) is 0. The molecule has 0 bridgehead atoms. The summed E-state index contributed by atoms with van der Waals surface area (Å²) >= 11 is 0. The molecule has 2 N–H and O–H groups in total. The molecule has 0 aromatic rings. The van der Waals surface area contributed by atoms with Crippen LogP contribution >= 0.6 is 0 Å². The Hall–Kier alpha value is -0.660. The summed E-state index contributed by atoms with van der Waals surface area (Å²) in [5, 5.41) is 2.94. The van der Waals surface area contributed by atoms with Crippen LogP contribution in [0.3, 0.4) is 0 Å². The lowest BCUT2D eigenvalue weighted by atomic mass is 9.80. The molecule has 0 saturated heterocycles. The maximum Gasteiger partial charge on any atom is 0.265 e. The van der Waals surface area contributed by atoms with Crippen LogP contribution in [0.4, 0.5) is 0 Å². The Morgan fingerprint density at radius 1 is 1.24 bits per heavy atom. The monoisotopic (exact) mass is 323 g/mol. The first-order valence-corrected chi connectivity index (χ1v) is 8.94. The van der Waals surface area contributed by atoms with E-state index in [2.05, 4.69) is 5.32 Å². The predicted octanol–water partition coefficient (Wildman–Crippen LogP) is 1.14. The molecule has 126 valence electrons. The fraction of sp³-hybridized carbons (Fsp3) is 0.929. The summed E-state index contributed by atoms with van der Waals surface area (Å²) in [5.41, 5.74) is -0.401. The van der Waals surface area contributed by atoms with Crippen molar-refractivity contribution < 1.29 is 22.2 Å². The summed E-state index contributed by atoms with van der Waals surface area (Å²) < 4.78 is 30.7. The molecule has 0 aliphatic carbocycles. The Kier molecular flexibility index (Phi) is 7.32. The van der Waals surface area contributed by atoms with Gasteiger partial charge in [-0.3, -0.25) is 9.35 Å². The van der Waals surface area contributed by atoms with Gasteiger partial charge in [0.1, 0.15) is 0 Å². The Morgan fingerprint density at radius 3 is 2.19 bits per heavy atom. The minimum absolute atomic E-state index is 0.0374. The molecular weight excluding hydrogens is 292 g/mol. The Balaban J connectivity index is 4.18. The Bertz CT molecular complexity index is 442. The van der Waals surface area contributed by atoms with Crippen LogP contribution in [0.2, 0.25) is 0 Å². The molecule has 0 spiro atoms. The SMILES string of the molecule is CC(C)C(C)(C)C(=O)NCC[N+](C)(C)CCCS(=O)(=O)O. The smallest absolute Gasteiger partial charge is 0.265 e. The van der Waals surface area contributed by atoms with Gasteiger partial charge in [0.2, 0.25) is 5.91 Å². The van der Waals surface area contributed by atoms with Gasteiger partial charge in [-0.2, -0.15) is 8.42 Å². The third kappa shape index (κ3) is 8.38. The molecule has 0 radical (unpaired) electrons. The van der Waals surface area contributed by atoms with Crippen LogP contribution in [0.25, 0.3) is 0 Å². The summed E-state index contributed by atoms with van der Waals surface area (Å²) in [5.74, 6) is 0.0757. The lowest BCUT2D eigenvalue weighted by Gasteiger charge is -2.31.